The van der Waals surface area contributed by atoms with E-state index in [2.05, 4.69) is 40.5 Å². The maximum absolute atomic E-state index is 13.8. The van der Waals surface area contributed by atoms with Crippen LogP contribution in [0.3, 0.4) is 0 Å². The van der Waals surface area contributed by atoms with Crippen LogP contribution in [-0.2, 0) is 25.8 Å². The summed E-state index contributed by atoms with van der Waals surface area (Å²) in [6, 6.07) is 2.94. The third-order valence-electron chi connectivity index (χ3n) is 5.67. The minimum absolute atomic E-state index is 0.0932. The Morgan fingerprint density at radius 2 is 2.03 bits per heavy atom. The zero-order valence-corrected chi connectivity index (χ0v) is 19.4. The molecule has 4 heterocycles. The van der Waals surface area contributed by atoms with E-state index in [4.69, 9.17) is 0 Å². The summed E-state index contributed by atoms with van der Waals surface area (Å²) < 4.78 is 27.6. The van der Waals surface area contributed by atoms with Crippen molar-refractivity contribution in [3.8, 4) is 0 Å². The van der Waals surface area contributed by atoms with Crippen molar-refractivity contribution in [1.82, 2.24) is 35.2 Å². The molecule has 4 aromatic heterocycles. The summed E-state index contributed by atoms with van der Waals surface area (Å²) in [5, 5.41) is 7.47. The number of nitrogens with one attached hydrogen (secondary N) is 3. The second-order valence-corrected chi connectivity index (χ2v) is 9.26. The molecule has 1 atom stereocenters. The molecule has 8 nitrogen and oxygen atoms in total. The third-order valence-corrected chi connectivity index (χ3v) is 6.69. The number of rotatable bonds is 9. The van der Waals surface area contributed by atoms with Crippen LogP contribution >= 0.6 is 11.3 Å². The molecule has 1 unspecified atom stereocenters. The second-order valence-electron chi connectivity index (χ2n) is 8.20. The van der Waals surface area contributed by atoms with Crippen LogP contribution in [0.5, 0.6) is 0 Å². The van der Waals surface area contributed by atoms with Gasteiger partial charge in [-0.25, -0.2) is 28.7 Å². The van der Waals surface area contributed by atoms with Crippen molar-refractivity contribution >= 4 is 33.6 Å². The number of fused-ring (bicyclic) bond motifs is 2. The van der Waals surface area contributed by atoms with E-state index >= 15 is 0 Å². The lowest BCUT2D eigenvalue weighted by atomic mass is 9.97. The molecule has 0 radical (unpaired) electrons. The van der Waals surface area contributed by atoms with Crippen LogP contribution in [0.2, 0.25) is 0 Å². The third kappa shape index (κ3) is 4.95. The summed E-state index contributed by atoms with van der Waals surface area (Å²) >= 11 is 1.52. The molecule has 0 aromatic carbocycles. The summed E-state index contributed by atoms with van der Waals surface area (Å²) in [6.45, 7) is 3.59. The predicted molar refractivity (Wildman–Crippen MR) is 128 cm³/mol. The van der Waals surface area contributed by atoms with Gasteiger partial charge in [0.1, 0.15) is 34.1 Å². The highest BCUT2D eigenvalue weighted by Crippen LogP contribution is 2.28. The lowest BCUT2D eigenvalue weighted by Crippen LogP contribution is -2.20. The fourth-order valence-corrected chi connectivity index (χ4v) is 4.73. The van der Waals surface area contributed by atoms with E-state index in [0.717, 1.165) is 53.0 Å². The second kappa shape index (κ2) is 9.90. The molecule has 0 bridgehead atoms. The van der Waals surface area contributed by atoms with E-state index in [1.807, 2.05) is 6.92 Å². The van der Waals surface area contributed by atoms with Gasteiger partial charge in [-0.2, -0.15) is 0 Å². The number of aromatic nitrogens is 6. The first-order valence-electron chi connectivity index (χ1n) is 11.2. The molecular formula is C23H24F2N8S. The van der Waals surface area contributed by atoms with Crippen LogP contribution in [0, 0.1) is 11.7 Å². The molecule has 1 aliphatic carbocycles. The smallest absolute Gasteiger partial charge is 0.157 e. The van der Waals surface area contributed by atoms with Crippen LogP contribution in [-0.4, -0.2) is 43.0 Å². The number of aromatic amines is 1. The standard InChI is InChI=1S/C23H24F2N8S/c1-13-9-16-17(10-15(13)25)32-19(31-16)4-7-26-8-5-20-33-21-22(29-12-30-23(21)34-20)28-11-18-14(24)3-2-6-27-18/h2-3,6,10,12-13,26H,4-5,7-9,11H2,1H3,(H,31,32)(H,28,29,30). The molecule has 0 aliphatic heterocycles. The van der Waals surface area contributed by atoms with Gasteiger partial charge < -0.3 is 15.6 Å². The molecule has 0 spiro atoms. The van der Waals surface area contributed by atoms with Crippen molar-refractivity contribution in [3.05, 3.63) is 64.2 Å². The van der Waals surface area contributed by atoms with Gasteiger partial charge in [-0.1, -0.05) is 18.3 Å². The molecule has 176 valence electrons. The first kappa shape index (κ1) is 22.5. The number of anilines is 1. The SMILES string of the molecule is CC1Cc2[nH]c(CCNCCc3nc4c(NCc5ncccc5F)ncnc4s3)nc2C=C1F. The van der Waals surface area contributed by atoms with Gasteiger partial charge in [-0.15, -0.1) is 0 Å². The Hall–Kier alpha value is -3.31. The van der Waals surface area contributed by atoms with Crippen molar-refractivity contribution in [3.63, 3.8) is 0 Å². The average Bonchev–Trinajstić information content (AvgIpc) is 3.42. The number of nitrogens with zero attached hydrogens (tertiary/aromatic N) is 5. The predicted octanol–water partition coefficient (Wildman–Crippen LogP) is 3.83. The van der Waals surface area contributed by atoms with Crippen LogP contribution in [0.4, 0.5) is 14.6 Å². The molecule has 0 saturated heterocycles. The molecule has 1 aliphatic rings. The molecule has 0 saturated carbocycles. The molecule has 0 fully saturated rings. The van der Waals surface area contributed by atoms with Crippen LogP contribution in [0.15, 0.2) is 30.5 Å². The number of hydrogen-bond donors (Lipinski definition) is 3. The zero-order chi connectivity index (χ0) is 23.5. The molecule has 5 rings (SSSR count). The van der Waals surface area contributed by atoms with E-state index in [-0.39, 0.29) is 24.1 Å². The lowest BCUT2D eigenvalue weighted by molar-refractivity contribution is 0.487. The lowest BCUT2D eigenvalue weighted by Gasteiger charge is -2.12. The molecule has 0 amide bonds. The summed E-state index contributed by atoms with van der Waals surface area (Å²) in [7, 11) is 0. The molecular weight excluding hydrogens is 458 g/mol. The van der Waals surface area contributed by atoms with E-state index in [1.54, 1.807) is 12.3 Å². The first-order chi connectivity index (χ1) is 16.6. The molecule has 11 heteroatoms. The quantitative estimate of drug-likeness (QED) is 0.312. The highest BCUT2D eigenvalue weighted by molar-refractivity contribution is 7.18. The van der Waals surface area contributed by atoms with E-state index in [9.17, 15) is 8.78 Å². The molecule has 3 N–H and O–H groups in total. The minimum Gasteiger partial charge on any atom is -0.362 e. The number of imidazole rings is 1. The van der Waals surface area contributed by atoms with Gasteiger partial charge in [0.25, 0.3) is 0 Å². The van der Waals surface area contributed by atoms with Crippen molar-refractivity contribution in [1.29, 1.82) is 0 Å². The van der Waals surface area contributed by atoms with Crippen molar-refractivity contribution in [2.75, 3.05) is 18.4 Å². The van der Waals surface area contributed by atoms with E-state index in [0.29, 0.717) is 23.4 Å². The number of H-pyrrole nitrogens is 1. The number of halogens is 2. The Morgan fingerprint density at radius 1 is 1.15 bits per heavy atom. The van der Waals surface area contributed by atoms with E-state index in [1.165, 1.54) is 29.8 Å². The Labute approximate surface area is 199 Å². The number of hydrogen-bond acceptors (Lipinski definition) is 8. The highest BCUT2D eigenvalue weighted by atomic mass is 32.1. The summed E-state index contributed by atoms with van der Waals surface area (Å²) in [6.07, 6.45) is 6.70. The van der Waals surface area contributed by atoms with Crippen molar-refractivity contribution < 1.29 is 8.78 Å². The maximum Gasteiger partial charge on any atom is 0.157 e. The van der Waals surface area contributed by atoms with Gasteiger partial charge in [-0.3, -0.25) is 4.98 Å². The first-order valence-corrected chi connectivity index (χ1v) is 12.0. The Kier molecular flexibility index (Phi) is 6.54. The topological polar surface area (TPSA) is 104 Å². The summed E-state index contributed by atoms with van der Waals surface area (Å²) in [5.41, 5.74) is 2.72. The number of thiazole rings is 1. The fraction of sp³-hybridized carbons (Fsp3) is 0.348. The van der Waals surface area contributed by atoms with Crippen LogP contribution in [0.1, 0.15) is 34.8 Å². The van der Waals surface area contributed by atoms with Gasteiger partial charge >= 0.3 is 0 Å². The monoisotopic (exact) mass is 482 g/mol. The van der Waals surface area contributed by atoms with Gasteiger partial charge in [0.15, 0.2) is 5.82 Å². The Morgan fingerprint density at radius 3 is 2.91 bits per heavy atom. The van der Waals surface area contributed by atoms with Crippen molar-refractivity contribution in [2.24, 2.45) is 5.92 Å². The maximum atomic E-state index is 13.8. The molecule has 34 heavy (non-hydrogen) atoms. The van der Waals surface area contributed by atoms with Gasteiger partial charge in [0.05, 0.1) is 22.9 Å². The van der Waals surface area contributed by atoms with Crippen LogP contribution < -0.4 is 10.6 Å². The summed E-state index contributed by atoms with van der Waals surface area (Å²) in [5.74, 6) is 0.868. The number of pyridine rings is 1. The van der Waals surface area contributed by atoms with Crippen LogP contribution in [0.25, 0.3) is 16.4 Å². The normalized spacial score (nSPS) is 15.4. The fourth-order valence-electron chi connectivity index (χ4n) is 3.83. The van der Waals surface area contributed by atoms with Gasteiger partial charge in [0.2, 0.25) is 0 Å². The van der Waals surface area contributed by atoms with Gasteiger partial charge in [0, 0.05) is 43.7 Å². The molecule has 4 aromatic rings. The van der Waals surface area contributed by atoms with E-state index < -0.39 is 0 Å². The highest BCUT2D eigenvalue weighted by Gasteiger charge is 2.20. The Balaban J connectivity index is 1.13. The average molecular weight is 483 g/mol. The largest absolute Gasteiger partial charge is 0.362 e. The van der Waals surface area contributed by atoms with Gasteiger partial charge in [-0.05, 0) is 24.6 Å². The summed E-state index contributed by atoms with van der Waals surface area (Å²) in [4.78, 5) is 25.9. The van der Waals surface area contributed by atoms with Crippen molar-refractivity contribution in [2.45, 2.75) is 32.7 Å². The Bertz CT molecular complexity index is 1330. The zero-order valence-electron chi connectivity index (χ0n) is 18.6. The minimum atomic E-state index is -0.363. The number of allylic oxidation sites excluding steroid dienone is 1.